The Labute approximate surface area is 124 Å². The molecule has 2 aromatic carbocycles. The lowest BCUT2D eigenvalue weighted by molar-refractivity contribution is -0.137. The van der Waals surface area contributed by atoms with E-state index >= 15 is 0 Å². The summed E-state index contributed by atoms with van der Waals surface area (Å²) in [4.78, 5) is 25.0. The zero-order valence-corrected chi connectivity index (χ0v) is 11.2. The molecular weight excluding hydrogens is 295 g/mol. The van der Waals surface area contributed by atoms with Crippen molar-refractivity contribution in [3.63, 3.8) is 0 Å². The van der Waals surface area contributed by atoms with Crippen LogP contribution in [0.4, 0.5) is 18.9 Å². The number of hydrogen-bond donors (Lipinski definition) is 0. The van der Waals surface area contributed by atoms with E-state index in [1.807, 2.05) is 0 Å². The van der Waals surface area contributed by atoms with E-state index < -0.39 is 23.4 Å². The molecule has 2 aromatic rings. The highest BCUT2D eigenvalue weighted by Gasteiger charge is 2.39. The van der Waals surface area contributed by atoms with Gasteiger partial charge in [-0.15, -0.1) is 0 Å². The summed E-state index contributed by atoms with van der Waals surface area (Å²) in [5.41, 5.74) is -0.136. The average molecular weight is 305 g/mol. The Kier molecular flexibility index (Phi) is 3.24. The van der Waals surface area contributed by atoms with E-state index in [1.54, 1.807) is 30.3 Å². The second-order valence-electron chi connectivity index (χ2n) is 4.94. The number of rotatable bonds is 2. The predicted octanol–water partition coefficient (Wildman–Crippen LogP) is 3.43. The maximum absolute atomic E-state index is 12.8. The molecule has 0 fully saturated rings. The number of halogens is 3. The minimum atomic E-state index is -4.53. The third-order valence-corrected chi connectivity index (χ3v) is 3.48. The van der Waals surface area contributed by atoms with Crippen molar-refractivity contribution in [1.82, 2.24) is 0 Å². The summed E-state index contributed by atoms with van der Waals surface area (Å²) < 4.78 is 38.4. The van der Waals surface area contributed by atoms with Gasteiger partial charge in [0.1, 0.15) is 0 Å². The van der Waals surface area contributed by atoms with Crippen LogP contribution in [0, 0.1) is 0 Å². The maximum Gasteiger partial charge on any atom is 0.416 e. The Morgan fingerprint density at radius 3 is 2.27 bits per heavy atom. The van der Waals surface area contributed by atoms with Crippen LogP contribution in [0.25, 0.3) is 0 Å². The van der Waals surface area contributed by atoms with E-state index in [-0.39, 0.29) is 17.8 Å². The van der Waals surface area contributed by atoms with Gasteiger partial charge in [-0.2, -0.15) is 13.2 Å². The Bertz CT molecular complexity index is 754. The molecule has 0 radical (unpaired) electrons. The van der Waals surface area contributed by atoms with Gasteiger partial charge in [-0.3, -0.25) is 9.59 Å². The SMILES string of the molecule is O=C1C(=O)N(Cc2ccccc2)c2cc(C(F)(F)F)ccc21. The molecule has 0 unspecified atom stereocenters. The number of ketones is 1. The van der Waals surface area contributed by atoms with E-state index in [2.05, 4.69) is 0 Å². The zero-order chi connectivity index (χ0) is 15.9. The third-order valence-electron chi connectivity index (χ3n) is 3.48. The van der Waals surface area contributed by atoms with Gasteiger partial charge in [0.05, 0.1) is 23.4 Å². The van der Waals surface area contributed by atoms with Crippen molar-refractivity contribution in [3.05, 3.63) is 65.2 Å². The highest BCUT2D eigenvalue weighted by atomic mass is 19.4. The van der Waals surface area contributed by atoms with Crippen LogP contribution in [0.2, 0.25) is 0 Å². The lowest BCUT2D eigenvalue weighted by Crippen LogP contribution is -2.29. The molecular formula is C16H10F3NO2. The lowest BCUT2D eigenvalue weighted by atomic mass is 10.1. The third kappa shape index (κ3) is 2.36. The Morgan fingerprint density at radius 2 is 1.64 bits per heavy atom. The van der Waals surface area contributed by atoms with Crippen LogP contribution >= 0.6 is 0 Å². The highest BCUT2D eigenvalue weighted by Crippen LogP contribution is 2.37. The number of anilines is 1. The largest absolute Gasteiger partial charge is 0.416 e. The number of hydrogen-bond acceptors (Lipinski definition) is 2. The first-order chi connectivity index (χ1) is 10.4. The molecule has 0 aromatic heterocycles. The first-order valence-electron chi connectivity index (χ1n) is 6.49. The standard InChI is InChI=1S/C16H10F3NO2/c17-16(18,19)11-6-7-12-13(8-11)20(15(22)14(12)21)9-10-4-2-1-3-5-10/h1-8H,9H2. The molecule has 0 N–H and O–H groups in total. The molecule has 112 valence electrons. The summed E-state index contributed by atoms with van der Waals surface area (Å²) in [5.74, 6) is -1.59. The van der Waals surface area contributed by atoms with E-state index in [1.165, 1.54) is 0 Å². The summed E-state index contributed by atoms with van der Waals surface area (Å²) in [6.45, 7) is 0.0553. The maximum atomic E-state index is 12.8. The molecule has 0 aliphatic carbocycles. The van der Waals surface area contributed by atoms with E-state index in [0.29, 0.717) is 0 Å². The van der Waals surface area contributed by atoms with Crippen molar-refractivity contribution in [3.8, 4) is 0 Å². The van der Waals surface area contributed by atoms with Crippen LogP contribution in [-0.4, -0.2) is 11.7 Å². The molecule has 1 aliphatic rings. The number of Topliss-reactive ketones (excluding diaryl/α,β-unsaturated/α-hetero) is 1. The first-order valence-corrected chi connectivity index (χ1v) is 6.49. The fourth-order valence-corrected chi connectivity index (χ4v) is 2.39. The summed E-state index contributed by atoms with van der Waals surface area (Å²) in [6, 6.07) is 11.5. The molecule has 0 saturated carbocycles. The second kappa shape index (κ2) is 4.98. The minimum Gasteiger partial charge on any atom is -0.300 e. The topological polar surface area (TPSA) is 37.4 Å². The van der Waals surface area contributed by atoms with Crippen LogP contribution in [0.3, 0.4) is 0 Å². The Morgan fingerprint density at radius 1 is 0.955 bits per heavy atom. The molecule has 22 heavy (non-hydrogen) atoms. The van der Waals surface area contributed by atoms with Gasteiger partial charge in [0.15, 0.2) is 0 Å². The van der Waals surface area contributed by atoms with E-state index in [4.69, 9.17) is 0 Å². The number of alkyl halides is 3. The molecule has 3 rings (SSSR count). The van der Waals surface area contributed by atoms with Gasteiger partial charge in [0.25, 0.3) is 11.7 Å². The minimum absolute atomic E-state index is 0.00804. The van der Waals surface area contributed by atoms with E-state index in [9.17, 15) is 22.8 Å². The van der Waals surface area contributed by atoms with Gasteiger partial charge in [0, 0.05) is 0 Å². The van der Waals surface area contributed by atoms with Crippen molar-refractivity contribution < 1.29 is 22.8 Å². The van der Waals surface area contributed by atoms with E-state index in [0.717, 1.165) is 28.7 Å². The van der Waals surface area contributed by atoms with Crippen molar-refractivity contribution in [1.29, 1.82) is 0 Å². The molecule has 6 heteroatoms. The van der Waals surface area contributed by atoms with Gasteiger partial charge >= 0.3 is 6.18 Å². The van der Waals surface area contributed by atoms with Crippen LogP contribution in [-0.2, 0) is 17.5 Å². The van der Waals surface area contributed by atoms with Crippen LogP contribution in [0.15, 0.2) is 48.5 Å². The summed E-state index contributed by atoms with van der Waals surface area (Å²) in [7, 11) is 0. The molecule has 0 saturated heterocycles. The first kappa shape index (κ1) is 14.3. The fraction of sp³-hybridized carbons (Fsp3) is 0.125. The molecule has 0 atom stereocenters. The fourth-order valence-electron chi connectivity index (χ4n) is 2.39. The van der Waals surface area contributed by atoms with Crippen LogP contribution in [0.1, 0.15) is 21.5 Å². The molecule has 1 amide bonds. The highest BCUT2D eigenvalue weighted by molar-refractivity contribution is 6.52. The quantitative estimate of drug-likeness (QED) is 0.797. The normalized spacial score (nSPS) is 14.4. The number of nitrogens with zero attached hydrogens (tertiary/aromatic N) is 1. The van der Waals surface area contributed by atoms with Gasteiger partial charge in [0.2, 0.25) is 0 Å². The monoisotopic (exact) mass is 305 g/mol. The van der Waals surface area contributed by atoms with Gasteiger partial charge in [-0.25, -0.2) is 0 Å². The van der Waals surface area contributed by atoms with Crippen molar-refractivity contribution in [2.24, 2.45) is 0 Å². The number of fused-ring (bicyclic) bond motifs is 1. The zero-order valence-electron chi connectivity index (χ0n) is 11.2. The average Bonchev–Trinajstić information content (AvgIpc) is 2.72. The molecule has 0 spiro atoms. The molecule has 1 aliphatic heterocycles. The Balaban J connectivity index is 2.03. The van der Waals surface area contributed by atoms with Crippen molar-refractivity contribution in [2.45, 2.75) is 12.7 Å². The van der Waals surface area contributed by atoms with Crippen molar-refractivity contribution in [2.75, 3.05) is 4.90 Å². The Hall–Kier alpha value is -2.63. The van der Waals surface area contributed by atoms with Crippen molar-refractivity contribution >= 4 is 17.4 Å². The van der Waals surface area contributed by atoms with Crippen LogP contribution < -0.4 is 4.90 Å². The number of carbonyl (C=O) groups excluding carboxylic acids is 2. The second-order valence-corrected chi connectivity index (χ2v) is 4.94. The molecule has 0 bridgehead atoms. The van der Waals surface area contributed by atoms with Gasteiger partial charge < -0.3 is 4.90 Å². The van der Waals surface area contributed by atoms with Gasteiger partial charge in [-0.05, 0) is 23.8 Å². The summed E-state index contributed by atoms with van der Waals surface area (Å²) >= 11 is 0. The molecule has 3 nitrogen and oxygen atoms in total. The smallest absolute Gasteiger partial charge is 0.300 e. The number of carbonyl (C=O) groups is 2. The predicted molar refractivity (Wildman–Crippen MR) is 73.4 cm³/mol. The molecule has 1 heterocycles. The number of benzene rings is 2. The summed E-state index contributed by atoms with van der Waals surface area (Å²) in [5, 5.41) is 0. The van der Waals surface area contributed by atoms with Gasteiger partial charge in [-0.1, -0.05) is 30.3 Å². The lowest BCUT2D eigenvalue weighted by Gasteiger charge is -2.17. The summed E-state index contributed by atoms with van der Waals surface area (Å²) in [6.07, 6.45) is -4.53. The van der Waals surface area contributed by atoms with Crippen LogP contribution in [0.5, 0.6) is 0 Å². The number of amides is 1.